The van der Waals surface area contributed by atoms with E-state index in [-0.39, 0.29) is 0 Å². The van der Waals surface area contributed by atoms with Gasteiger partial charge in [0.2, 0.25) is 0 Å². The van der Waals surface area contributed by atoms with Gasteiger partial charge in [-0.3, -0.25) is 0 Å². The first-order valence-corrected chi connectivity index (χ1v) is 7.97. The standard InChI is InChI=1S/C18H25N3/c1-4-7-14-8-10-15(11-9-14)17-16(6-3)18(19-12-5-2)21-13-20-17/h8-11,13H,4-7,12H2,1-3H3,(H,19,20,21). The zero-order valence-corrected chi connectivity index (χ0v) is 13.3. The van der Waals surface area contributed by atoms with E-state index in [0.29, 0.717) is 0 Å². The summed E-state index contributed by atoms with van der Waals surface area (Å²) in [5.74, 6) is 0.974. The second kappa shape index (κ2) is 7.77. The Balaban J connectivity index is 2.33. The van der Waals surface area contributed by atoms with Gasteiger partial charge in [-0.25, -0.2) is 9.97 Å². The fraction of sp³-hybridized carbons (Fsp3) is 0.444. The van der Waals surface area contributed by atoms with Crippen molar-refractivity contribution >= 4 is 5.82 Å². The molecular formula is C18H25N3. The Bertz CT molecular complexity index is 561. The molecule has 0 unspecified atom stereocenters. The zero-order chi connectivity index (χ0) is 15.1. The Morgan fingerprint density at radius 1 is 0.952 bits per heavy atom. The van der Waals surface area contributed by atoms with Crippen molar-refractivity contribution in [2.24, 2.45) is 0 Å². The number of nitrogens with zero attached hydrogens (tertiary/aromatic N) is 2. The number of anilines is 1. The van der Waals surface area contributed by atoms with Crippen LogP contribution in [0.2, 0.25) is 0 Å². The van der Waals surface area contributed by atoms with Crippen molar-refractivity contribution in [2.45, 2.75) is 46.5 Å². The summed E-state index contributed by atoms with van der Waals surface area (Å²) in [5.41, 5.74) is 4.81. The van der Waals surface area contributed by atoms with Crippen LogP contribution >= 0.6 is 0 Å². The van der Waals surface area contributed by atoms with Gasteiger partial charge < -0.3 is 5.32 Å². The number of aromatic nitrogens is 2. The van der Waals surface area contributed by atoms with Gasteiger partial charge in [-0.05, 0) is 24.8 Å². The lowest BCUT2D eigenvalue weighted by atomic mass is 10.0. The van der Waals surface area contributed by atoms with Crippen LogP contribution in [0.25, 0.3) is 11.3 Å². The topological polar surface area (TPSA) is 37.8 Å². The summed E-state index contributed by atoms with van der Waals surface area (Å²) >= 11 is 0. The largest absolute Gasteiger partial charge is 0.370 e. The van der Waals surface area contributed by atoms with E-state index in [4.69, 9.17) is 0 Å². The van der Waals surface area contributed by atoms with Crippen LogP contribution in [0.15, 0.2) is 30.6 Å². The molecule has 0 aliphatic heterocycles. The first-order valence-electron chi connectivity index (χ1n) is 7.97. The van der Waals surface area contributed by atoms with Gasteiger partial charge in [0.1, 0.15) is 12.1 Å². The molecule has 0 amide bonds. The maximum atomic E-state index is 4.51. The summed E-state index contributed by atoms with van der Waals surface area (Å²) in [6, 6.07) is 8.77. The smallest absolute Gasteiger partial charge is 0.133 e. The van der Waals surface area contributed by atoms with Crippen molar-refractivity contribution in [3.05, 3.63) is 41.7 Å². The number of hydrogen-bond acceptors (Lipinski definition) is 3. The van der Waals surface area contributed by atoms with Crippen LogP contribution in [0.4, 0.5) is 5.82 Å². The average molecular weight is 283 g/mol. The van der Waals surface area contributed by atoms with Gasteiger partial charge in [0.25, 0.3) is 0 Å². The first-order chi connectivity index (χ1) is 10.3. The summed E-state index contributed by atoms with van der Waals surface area (Å²) < 4.78 is 0. The summed E-state index contributed by atoms with van der Waals surface area (Å²) in [4.78, 5) is 8.91. The minimum absolute atomic E-state index is 0.929. The lowest BCUT2D eigenvalue weighted by Gasteiger charge is -2.13. The molecule has 21 heavy (non-hydrogen) atoms. The normalized spacial score (nSPS) is 10.6. The zero-order valence-electron chi connectivity index (χ0n) is 13.3. The van der Waals surface area contributed by atoms with E-state index in [1.807, 2.05) is 0 Å². The molecule has 0 fully saturated rings. The SMILES string of the molecule is CCCNc1ncnc(-c2ccc(CCC)cc2)c1CC. The van der Waals surface area contributed by atoms with Crippen LogP contribution in [0.1, 0.15) is 44.7 Å². The van der Waals surface area contributed by atoms with E-state index >= 15 is 0 Å². The van der Waals surface area contributed by atoms with E-state index in [1.165, 1.54) is 23.1 Å². The van der Waals surface area contributed by atoms with Crippen molar-refractivity contribution in [1.82, 2.24) is 9.97 Å². The van der Waals surface area contributed by atoms with Crippen LogP contribution in [0, 0.1) is 0 Å². The Hall–Kier alpha value is -1.90. The third kappa shape index (κ3) is 3.81. The molecule has 2 rings (SSSR count). The minimum Gasteiger partial charge on any atom is -0.370 e. The Morgan fingerprint density at radius 2 is 1.71 bits per heavy atom. The van der Waals surface area contributed by atoms with E-state index in [2.05, 4.69) is 60.3 Å². The molecule has 0 aliphatic rings. The Morgan fingerprint density at radius 3 is 2.33 bits per heavy atom. The fourth-order valence-corrected chi connectivity index (χ4v) is 2.51. The van der Waals surface area contributed by atoms with E-state index in [0.717, 1.165) is 37.3 Å². The van der Waals surface area contributed by atoms with Crippen molar-refractivity contribution < 1.29 is 0 Å². The van der Waals surface area contributed by atoms with Crippen molar-refractivity contribution in [1.29, 1.82) is 0 Å². The maximum Gasteiger partial charge on any atom is 0.133 e. The monoisotopic (exact) mass is 283 g/mol. The molecule has 0 radical (unpaired) electrons. The fourth-order valence-electron chi connectivity index (χ4n) is 2.51. The molecule has 3 nitrogen and oxygen atoms in total. The molecule has 1 N–H and O–H groups in total. The lowest BCUT2D eigenvalue weighted by molar-refractivity contribution is 0.922. The van der Waals surface area contributed by atoms with Gasteiger partial charge in [-0.2, -0.15) is 0 Å². The van der Waals surface area contributed by atoms with Crippen molar-refractivity contribution in [3.8, 4) is 11.3 Å². The second-order valence-electron chi connectivity index (χ2n) is 5.28. The molecule has 1 aromatic carbocycles. The number of rotatable bonds is 7. The summed E-state index contributed by atoms with van der Waals surface area (Å²) in [5, 5.41) is 3.40. The molecule has 0 saturated heterocycles. The third-order valence-electron chi connectivity index (χ3n) is 3.61. The summed E-state index contributed by atoms with van der Waals surface area (Å²) in [7, 11) is 0. The van der Waals surface area contributed by atoms with Gasteiger partial charge in [-0.15, -0.1) is 0 Å². The minimum atomic E-state index is 0.929. The molecule has 0 aliphatic carbocycles. The van der Waals surface area contributed by atoms with E-state index in [1.54, 1.807) is 6.33 Å². The first kappa shape index (κ1) is 15.5. The predicted octanol–water partition coefficient (Wildman–Crippen LogP) is 4.48. The number of aryl methyl sites for hydroxylation is 1. The molecule has 1 heterocycles. The van der Waals surface area contributed by atoms with E-state index < -0.39 is 0 Å². The number of benzene rings is 1. The van der Waals surface area contributed by atoms with Crippen molar-refractivity contribution in [3.63, 3.8) is 0 Å². The molecule has 3 heteroatoms. The second-order valence-corrected chi connectivity index (χ2v) is 5.28. The lowest BCUT2D eigenvalue weighted by Crippen LogP contribution is -2.07. The highest BCUT2D eigenvalue weighted by atomic mass is 15.0. The summed E-state index contributed by atoms with van der Waals surface area (Å²) in [6.45, 7) is 7.47. The van der Waals surface area contributed by atoms with Gasteiger partial charge in [0, 0.05) is 17.7 Å². The highest BCUT2D eigenvalue weighted by Crippen LogP contribution is 2.26. The van der Waals surface area contributed by atoms with Crippen molar-refractivity contribution in [2.75, 3.05) is 11.9 Å². The van der Waals surface area contributed by atoms with Crippen LogP contribution < -0.4 is 5.32 Å². The molecular weight excluding hydrogens is 258 g/mol. The molecule has 1 aromatic heterocycles. The Labute approximate surface area is 127 Å². The van der Waals surface area contributed by atoms with Gasteiger partial charge >= 0.3 is 0 Å². The molecule has 0 atom stereocenters. The van der Waals surface area contributed by atoms with Gasteiger partial charge in [-0.1, -0.05) is 51.5 Å². The molecule has 112 valence electrons. The molecule has 0 spiro atoms. The quantitative estimate of drug-likeness (QED) is 0.814. The van der Waals surface area contributed by atoms with Crippen LogP contribution in [0.5, 0.6) is 0 Å². The average Bonchev–Trinajstić information content (AvgIpc) is 2.53. The number of hydrogen-bond donors (Lipinski definition) is 1. The molecule has 0 saturated carbocycles. The van der Waals surface area contributed by atoms with Gasteiger partial charge in [0.05, 0.1) is 5.69 Å². The van der Waals surface area contributed by atoms with Crippen LogP contribution in [-0.2, 0) is 12.8 Å². The highest BCUT2D eigenvalue weighted by Gasteiger charge is 2.11. The molecule has 0 bridgehead atoms. The number of nitrogens with one attached hydrogen (secondary N) is 1. The van der Waals surface area contributed by atoms with Gasteiger partial charge in [0.15, 0.2) is 0 Å². The maximum absolute atomic E-state index is 4.51. The summed E-state index contributed by atoms with van der Waals surface area (Å²) in [6.07, 6.45) is 5.99. The Kier molecular flexibility index (Phi) is 5.73. The highest BCUT2D eigenvalue weighted by molar-refractivity contribution is 5.68. The van der Waals surface area contributed by atoms with E-state index in [9.17, 15) is 0 Å². The van der Waals surface area contributed by atoms with Crippen LogP contribution in [-0.4, -0.2) is 16.5 Å². The van der Waals surface area contributed by atoms with Crippen LogP contribution in [0.3, 0.4) is 0 Å². The third-order valence-corrected chi connectivity index (χ3v) is 3.61. The predicted molar refractivity (Wildman–Crippen MR) is 89.6 cm³/mol. The molecule has 2 aromatic rings.